The Bertz CT molecular complexity index is 750. The highest BCUT2D eigenvalue weighted by Crippen LogP contribution is 2.22. The Balaban J connectivity index is 1.73. The average Bonchev–Trinajstić information content (AvgIpc) is 3.08. The summed E-state index contributed by atoms with van der Waals surface area (Å²) in [7, 11) is 0. The maximum Gasteiger partial charge on any atom is 0.316 e. The number of amides is 2. The lowest BCUT2D eigenvalue weighted by Gasteiger charge is -2.06. The van der Waals surface area contributed by atoms with Crippen molar-refractivity contribution in [3.8, 4) is 0 Å². The molecule has 0 unspecified atom stereocenters. The second kappa shape index (κ2) is 8.55. The molecular weight excluding hydrogens is 360 g/mol. The second-order valence-corrected chi connectivity index (χ2v) is 6.34. The summed E-state index contributed by atoms with van der Waals surface area (Å²) in [5.74, 6) is -3.73. The first-order valence-corrected chi connectivity index (χ1v) is 8.43. The van der Waals surface area contributed by atoms with Crippen molar-refractivity contribution in [2.75, 3.05) is 12.4 Å². The van der Waals surface area contributed by atoms with Gasteiger partial charge in [-0.25, -0.2) is 8.78 Å². The van der Waals surface area contributed by atoms with E-state index >= 15 is 0 Å². The Labute approximate surface area is 144 Å². The van der Waals surface area contributed by atoms with E-state index in [1.54, 1.807) is 17.5 Å². The molecule has 0 aliphatic heterocycles. The van der Waals surface area contributed by atoms with Crippen LogP contribution in [0.25, 0.3) is 0 Å². The summed E-state index contributed by atoms with van der Waals surface area (Å²) in [4.78, 5) is 34.9. The number of carbonyl (C=O) groups is 3. The molecule has 0 atom stereocenters. The lowest BCUT2D eigenvalue weighted by Crippen LogP contribution is -2.33. The normalized spacial score (nSPS) is 10.2. The van der Waals surface area contributed by atoms with Crippen LogP contribution in [0.2, 0.25) is 0 Å². The second-order valence-electron chi connectivity index (χ2n) is 4.38. The molecule has 24 heavy (non-hydrogen) atoms. The number of carbonyl (C=O) groups excluding carboxylic acids is 3. The molecule has 1 aromatic heterocycles. The molecule has 1 heterocycles. The van der Waals surface area contributed by atoms with E-state index in [9.17, 15) is 23.2 Å². The summed E-state index contributed by atoms with van der Waals surface area (Å²) in [6.45, 7) is -0.637. The van der Waals surface area contributed by atoms with Crippen molar-refractivity contribution < 1.29 is 27.9 Å². The highest BCUT2D eigenvalue weighted by molar-refractivity contribution is 8.00. The lowest BCUT2D eigenvalue weighted by atomic mass is 10.3. The van der Waals surface area contributed by atoms with E-state index in [0.717, 1.165) is 41.3 Å². The Hall–Kier alpha value is -2.26. The number of hydrogen-bond acceptors (Lipinski definition) is 6. The van der Waals surface area contributed by atoms with Crippen LogP contribution in [-0.4, -0.2) is 30.1 Å². The van der Waals surface area contributed by atoms with E-state index in [0.29, 0.717) is 4.88 Å². The van der Waals surface area contributed by atoms with Crippen molar-refractivity contribution in [1.29, 1.82) is 0 Å². The highest BCUT2D eigenvalue weighted by atomic mass is 32.2. The van der Waals surface area contributed by atoms with Crippen molar-refractivity contribution in [2.24, 2.45) is 0 Å². The molecule has 1 N–H and O–H groups in total. The van der Waals surface area contributed by atoms with E-state index in [2.05, 4.69) is 10.1 Å². The van der Waals surface area contributed by atoms with Crippen molar-refractivity contribution in [3.63, 3.8) is 0 Å². The Morgan fingerprint density at radius 2 is 2.00 bits per heavy atom. The molecule has 126 valence electrons. The minimum atomic E-state index is -0.789. The zero-order valence-corrected chi connectivity index (χ0v) is 13.7. The number of halogens is 2. The predicted octanol–water partition coefficient (Wildman–Crippen LogP) is 2.62. The number of benzene rings is 1. The van der Waals surface area contributed by atoms with Gasteiger partial charge in [-0.1, -0.05) is 6.07 Å². The van der Waals surface area contributed by atoms with Crippen molar-refractivity contribution in [2.45, 2.75) is 4.90 Å². The van der Waals surface area contributed by atoms with E-state index in [1.165, 1.54) is 0 Å². The molecular formula is C15H11F2NO4S2. The van der Waals surface area contributed by atoms with Gasteiger partial charge in [-0.3, -0.25) is 19.7 Å². The number of esters is 1. The largest absolute Gasteiger partial charge is 0.455 e. The Morgan fingerprint density at radius 3 is 2.71 bits per heavy atom. The van der Waals surface area contributed by atoms with Gasteiger partial charge in [0, 0.05) is 4.90 Å². The molecule has 0 fully saturated rings. The first kappa shape index (κ1) is 18.1. The molecule has 0 bridgehead atoms. The van der Waals surface area contributed by atoms with Crippen LogP contribution in [0.5, 0.6) is 0 Å². The quantitative estimate of drug-likeness (QED) is 0.624. The molecule has 0 saturated heterocycles. The van der Waals surface area contributed by atoms with Gasteiger partial charge in [0.1, 0.15) is 11.6 Å². The maximum absolute atomic E-state index is 13.4. The van der Waals surface area contributed by atoms with Gasteiger partial charge < -0.3 is 4.74 Å². The molecule has 9 heteroatoms. The zero-order valence-electron chi connectivity index (χ0n) is 12.1. The van der Waals surface area contributed by atoms with E-state index < -0.39 is 36.0 Å². The van der Waals surface area contributed by atoms with Crippen LogP contribution in [0, 0.1) is 11.6 Å². The van der Waals surface area contributed by atoms with Gasteiger partial charge in [-0.15, -0.1) is 23.1 Å². The summed E-state index contributed by atoms with van der Waals surface area (Å²) < 4.78 is 31.0. The van der Waals surface area contributed by atoms with E-state index in [1.807, 2.05) is 0 Å². The van der Waals surface area contributed by atoms with Gasteiger partial charge >= 0.3 is 5.97 Å². The monoisotopic (exact) mass is 371 g/mol. The molecule has 0 radical (unpaired) electrons. The third-order valence-electron chi connectivity index (χ3n) is 2.60. The lowest BCUT2D eigenvalue weighted by molar-refractivity contribution is -0.145. The molecule has 0 saturated carbocycles. The Kier molecular flexibility index (Phi) is 6.44. The molecule has 2 aromatic rings. The topological polar surface area (TPSA) is 72.5 Å². The highest BCUT2D eigenvalue weighted by Gasteiger charge is 2.14. The fourth-order valence-electron chi connectivity index (χ4n) is 1.54. The van der Waals surface area contributed by atoms with Gasteiger partial charge in [0.15, 0.2) is 6.61 Å². The number of rotatable bonds is 6. The first-order valence-electron chi connectivity index (χ1n) is 6.57. The van der Waals surface area contributed by atoms with Crippen LogP contribution in [0.15, 0.2) is 40.6 Å². The smallest absolute Gasteiger partial charge is 0.316 e. The van der Waals surface area contributed by atoms with E-state index in [4.69, 9.17) is 0 Å². The summed E-state index contributed by atoms with van der Waals surface area (Å²) >= 11 is 1.91. The van der Waals surface area contributed by atoms with Gasteiger partial charge in [0.05, 0.1) is 10.6 Å². The summed E-state index contributed by atoms with van der Waals surface area (Å²) in [6, 6.07) is 6.08. The molecule has 0 spiro atoms. The van der Waals surface area contributed by atoms with Crippen LogP contribution >= 0.6 is 23.1 Å². The number of imide groups is 1. The molecule has 2 rings (SSSR count). The first-order chi connectivity index (χ1) is 11.5. The summed E-state index contributed by atoms with van der Waals surface area (Å²) in [6.07, 6.45) is 0. The van der Waals surface area contributed by atoms with Gasteiger partial charge in [-0.2, -0.15) is 0 Å². The predicted molar refractivity (Wildman–Crippen MR) is 84.8 cm³/mol. The van der Waals surface area contributed by atoms with Crippen molar-refractivity contribution in [1.82, 2.24) is 5.32 Å². The fraction of sp³-hybridized carbons (Fsp3) is 0.133. The van der Waals surface area contributed by atoms with Crippen molar-refractivity contribution in [3.05, 3.63) is 52.2 Å². The van der Waals surface area contributed by atoms with Gasteiger partial charge in [-0.05, 0) is 29.6 Å². The Morgan fingerprint density at radius 1 is 1.21 bits per heavy atom. The van der Waals surface area contributed by atoms with Crippen LogP contribution in [0.1, 0.15) is 9.67 Å². The average molecular weight is 371 g/mol. The molecule has 5 nitrogen and oxygen atoms in total. The molecule has 2 amide bonds. The number of thioether (sulfide) groups is 1. The zero-order chi connectivity index (χ0) is 17.5. The minimum Gasteiger partial charge on any atom is -0.455 e. The van der Waals surface area contributed by atoms with E-state index in [-0.39, 0.29) is 10.6 Å². The SMILES string of the molecule is O=C(COC(=O)CSc1cc(F)ccc1F)NC(=O)c1cccs1. The minimum absolute atomic E-state index is 0.0377. The maximum atomic E-state index is 13.4. The summed E-state index contributed by atoms with van der Waals surface area (Å²) in [5, 5.41) is 3.75. The fourth-order valence-corrected chi connectivity index (χ4v) is 2.92. The van der Waals surface area contributed by atoms with Crippen LogP contribution in [0.3, 0.4) is 0 Å². The third kappa shape index (κ3) is 5.43. The van der Waals surface area contributed by atoms with Crippen molar-refractivity contribution >= 4 is 40.9 Å². The van der Waals surface area contributed by atoms with Crippen LogP contribution in [0.4, 0.5) is 8.78 Å². The van der Waals surface area contributed by atoms with Crippen LogP contribution < -0.4 is 5.32 Å². The number of ether oxygens (including phenoxy) is 1. The van der Waals surface area contributed by atoms with Crippen LogP contribution in [-0.2, 0) is 14.3 Å². The third-order valence-corrected chi connectivity index (χ3v) is 4.47. The van der Waals surface area contributed by atoms with Gasteiger partial charge in [0.25, 0.3) is 11.8 Å². The van der Waals surface area contributed by atoms with Gasteiger partial charge in [0.2, 0.25) is 0 Å². The number of hydrogen-bond donors (Lipinski definition) is 1. The number of thiophene rings is 1. The standard InChI is InChI=1S/C15H11F2NO4S2/c16-9-3-4-10(17)12(6-9)24-8-14(20)22-7-13(19)18-15(21)11-2-1-5-23-11/h1-6H,7-8H2,(H,18,19,21). The molecule has 0 aliphatic carbocycles. The summed E-state index contributed by atoms with van der Waals surface area (Å²) in [5.41, 5.74) is 0. The molecule has 0 aliphatic rings. The molecule has 1 aromatic carbocycles. The number of nitrogens with one attached hydrogen (secondary N) is 1.